The maximum absolute atomic E-state index is 14.9. The zero-order chi connectivity index (χ0) is 24.6. The van der Waals surface area contributed by atoms with Gasteiger partial charge >= 0.3 is 190 Å². The Labute approximate surface area is 190 Å². The summed E-state index contributed by atoms with van der Waals surface area (Å²) in [4.78, 5) is 27.1. The SMILES string of the molecule is B=C1C(C(N)=O)=C(O)[C@@H](N(C)C)[C@@H]2C[C@@H]3Cc4c(F)cc(NC)c(O)c4C(=O)C3=C(O)[C@]12O. The Kier molecular flexibility index (Phi) is 5.17. The molecule has 0 radical (unpaired) electrons. The Hall–Kier alpha value is -3.18. The van der Waals surface area contributed by atoms with Gasteiger partial charge in [0, 0.05) is 0 Å². The number of nitrogens with zero attached hydrogens (tertiary/aromatic N) is 1. The number of fused-ring (bicyclic) bond motifs is 3. The molecule has 33 heavy (non-hydrogen) atoms. The molecule has 4 rings (SSSR count). The van der Waals surface area contributed by atoms with Crippen LogP contribution in [0.4, 0.5) is 10.1 Å². The summed E-state index contributed by atoms with van der Waals surface area (Å²) >= 11 is 0. The number of ketones is 1. The number of hydrogen-bond donors (Lipinski definition) is 6. The molecule has 0 saturated heterocycles. The molecule has 1 aromatic rings. The number of aromatic hydroxyl groups is 1. The number of primary amides is 1. The van der Waals surface area contributed by atoms with Gasteiger partial charge in [-0.15, -0.1) is 0 Å². The van der Waals surface area contributed by atoms with E-state index >= 15 is 0 Å². The molecule has 0 saturated carbocycles. The average Bonchev–Trinajstić information content (AvgIpc) is 2.72. The third-order valence-corrected chi connectivity index (χ3v) is 7.13. The number of carbonyl (C=O) groups is 2. The number of nitrogens with one attached hydrogen (secondary N) is 1. The Balaban J connectivity index is 1.98. The number of likely N-dealkylation sites (N-methyl/N-ethyl adjacent to an activating group) is 1. The molecule has 174 valence electrons. The van der Waals surface area contributed by atoms with Crippen LogP contribution in [0.1, 0.15) is 22.3 Å². The summed E-state index contributed by atoms with van der Waals surface area (Å²) in [6, 6.07) is 0.154. The number of rotatable bonds is 3. The van der Waals surface area contributed by atoms with Crippen LogP contribution in [-0.2, 0) is 11.2 Å². The van der Waals surface area contributed by atoms with E-state index in [1.165, 1.54) is 7.05 Å². The van der Waals surface area contributed by atoms with Gasteiger partial charge in [-0.3, -0.25) is 0 Å². The number of allylic oxidation sites excluding steroid dienone is 1. The van der Waals surface area contributed by atoms with Crippen molar-refractivity contribution >= 4 is 30.3 Å². The number of Topliss-reactive ketones (excluding diaryl/α,β-unsaturated/α-hetero) is 1. The number of nitrogens with two attached hydrogens (primary N) is 1. The number of benzene rings is 1. The second-order valence-corrected chi connectivity index (χ2v) is 8.97. The van der Waals surface area contributed by atoms with Gasteiger partial charge in [-0.1, -0.05) is 0 Å². The van der Waals surface area contributed by atoms with Gasteiger partial charge in [0.15, 0.2) is 0 Å². The number of aliphatic hydroxyl groups excluding tert-OH is 2. The summed E-state index contributed by atoms with van der Waals surface area (Å²) in [6.07, 6.45) is 0.0449. The van der Waals surface area contributed by atoms with Crippen molar-refractivity contribution in [3.63, 3.8) is 0 Å². The first-order valence-corrected chi connectivity index (χ1v) is 10.4. The molecule has 11 heteroatoms. The summed E-state index contributed by atoms with van der Waals surface area (Å²) in [5.41, 5.74) is 1.94. The molecule has 9 nitrogen and oxygen atoms in total. The van der Waals surface area contributed by atoms with Crippen LogP contribution in [0.3, 0.4) is 0 Å². The molecule has 0 fully saturated rings. The summed E-state index contributed by atoms with van der Waals surface area (Å²) in [6.45, 7) is 0. The zero-order valence-corrected chi connectivity index (χ0v) is 18.4. The van der Waals surface area contributed by atoms with Crippen LogP contribution in [0.15, 0.2) is 28.7 Å². The molecular formula is C22H25BFN3O6. The number of aliphatic hydroxyl groups is 3. The van der Waals surface area contributed by atoms with Crippen LogP contribution in [0.25, 0.3) is 0 Å². The summed E-state index contributed by atoms with van der Waals surface area (Å²) in [5.74, 6) is -5.78. The van der Waals surface area contributed by atoms with Crippen molar-refractivity contribution in [2.24, 2.45) is 17.6 Å². The van der Waals surface area contributed by atoms with Crippen molar-refractivity contribution in [1.29, 1.82) is 0 Å². The molecular weight excluding hydrogens is 432 g/mol. The standard InChI is InChI=1S/C22H25BFN3O6/c1-26-11-6-10(24)8-4-7-5-9-15(27(2)3)18(30)14(21(25)32)19(23)22(9,33)20(31)12(7)17(29)13(8)16(11)28/h6-7,9,15,23,26,28,30-31,33H,4-5H2,1-3H3,(H2,25,32)/t7-,9-,15-,22+/m0/s1. The van der Waals surface area contributed by atoms with Gasteiger partial charge in [-0.05, 0) is 0 Å². The molecule has 0 spiro atoms. The van der Waals surface area contributed by atoms with Crippen LogP contribution in [-0.4, -0.2) is 82.8 Å². The molecule has 1 aromatic carbocycles. The summed E-state index contributed by atoms with van der Waals surface area (Å²) < 4.78 is 14.9. The minimum atomic E-state index is -2.28. The Morgan fingerprint density at radius 1 is 1.33 bits per heavy atom. The number of phenolic OH excluding ortho intramolecular Hbond substituents is 1. The first-order valence-electron chi connectivity index (χ1n) is 10.4. The van der Waals surface area contributed by atoms with Gasteiger partial charge in [0.2, 0.25) is 0 Å². The van der Waals surface area contributed by atoms with E-state index in [0.717, 1.165) is 6.07 Å². The molecule has 3 aliphatic rings. The van der Waals surface area contributed by atoms with E-state index in [9.17, 15) is 34.4 Å². The number of amides is 1. The van der Waals surface area contributed by atoms with E-state index in [1.807, 2.05) is 0 Å². The van der Waals surface area contributed by atoms with Crippen molar-refractivity contribution in [2.75, 3.05) is 26.5 Å². The normalized spacial score (nSPS) is 29.1. The van der Waals surface area contributed by atoms with Crippen LogP contribution >= 0.6 is 0 Å². The topological polar surface area (TPSA) is 156 Å². The molecule has 3 aliphatic carbocycles. The van der Waals surface area contributed by atoms with Gasteiger partial charge in [-0.25, -0.2) is 0 Å². The van der Waals surface area contributed by atoms with Crippen molar-refractivity contribution in [2.45, 2.75) is 24.5 Å². The van der Waals surface area contributed by atoms with E-state index in [2.05, 4.69) is 12.8 Å². The van der Waals surface area contributed by atoms with E-state index in [1.54, 1.807) is 19.0 Å². The van der Waals surface area contributed by atoms with E-state index in [4.69, 9.17) is 5.73 Å². The second-order valence-electron chi connectivity index (χ2n) is 8.97. The molecule has 0 aliphatic heterocycles. The number of phenols is 1. The first-order chi connectivity index (χ1) is 15.4. The van der Waals surface area contributed by atoms with Gasteiger partial charge in [0.05, 0.1) is 0 Å². The Bertz CT molecular complexity index is 1190. The predicted molar refractivity (Wildman–Crippen MR) is 120 cm³/mol. The fraction of sp³-hybridized carbons (Fsp3) is 0.409. The molecule has 4 atom stereocenters. The van der Waals surface area contributed by atoms with Gasteiger partial charge in [-0.2, -0.15) is 0 Å². The average molecular weight is 457 g/mol. The number of carbonyl (C=O) groups excluding carboxylic acids is 2. The van der Waals surface area contributed by atoms with Crippen LogP contribution < -0.4 is 11.1 Å². The van der Waals surface area contributed by atoms with Gasteiger partial charge in [0.25, 0.3) is 0 Å². The molecule has 0 aromatic heterocycles. The van der Waals surface area contributed by atoms with E-state index < -0.39 is 63.8 Å². The predicted octanol–water partition coefficient (Wildman–Crippen LogP) is -0.194. The minimum absolute atomic E-state index is 0.00385. The van der Waals surface area contributed by atoms with Crippen LogP contribution in [0.2, 0.25) is 0 Å². The van der Waals surface area contributed by atoms with Crippen LogP contribution in [0, 0.1) is 17.7 Å². The number of anilines is 1. The van der Waals surface area contributed by atoms with Crippen LogP contribution in [0.5, 0.6) is 5.75 Å². The third-order valence-electron chi connectivity index (χ3n) is 7.13. The monoisotopic (exact) mass is 457 g/mol. The Morgan fingerprint density at radius 3 is 2.52 bits per heavy atom. The van der Waals surface area contributed by atoms with Crippen molar-refractivity contribution in [3.8, 4) is 5.75 Å². The fourth-order valence-electron chi connectivity index (χ4n) is 5.63. The third kappa shape index (κ3) is 2.88. The molecule has 7 N–H and O–H groups in total. The molecule has 0 bridgehead atoms. The first kappa shape index (κ1) is 23.0. The maximum atomic E-state index is 14.9. The van der Waals surface area contributed by atoms with Crippen molar-refractivity contribution in [3.05, 3.63) is 45.7 Å². The quantitative estimate of drug-likeness (QED) is 0.269. The molecule has 0 unspecified atom stereocenters. The van der Waals surface area contributed by atoms with E-state index in [0.29, 0.717) is 0 Å². The Morgan fingerprint density at radius 2 is 1.97 bits per heavy atom. The van der Waals surface area contributed by atoms with Gasteiger partial charge < -0.3 is 0 Å². The van der Waals surface area contributed by atoms with E-state index in [-0.39, 0.29) is 40.7 Å². The number of hydrogen-bond acceptors (Lipinski definition) is 8. The summed E-state index contributed by atoms with van der Waals surface area (Å²) in [5, 5.41) is 47.0. The molecule has 1 amide bonds. The fourth-order valence-corrected chi connectivity index (χ4v) is 5.63. The zero-order valence-electron chi connectivity index (χ0n) is 18.4. The molecule has 0 heterocycles. The number of halogens is 1. The summed E-state index contributed by atoms with van der Waals surface area (Å²) in [7, 11) is 8.41. The second kappa shape index (κ2) is 7.42. The van der Waals surface area contributed by atoms with Crippen molar-refractivity contribution in [1.82, 2.24) is 4.90 Å². The van der Waals surface area contributed by atoms with Gasteiger partial charge in [0.1, 0.15) is 0 Å². The van der Waals surface area contributed by atoms with Crippen molar-refractivity contribution < 1.29 is 34.4 Å².